The van der Waals surface area contributed by atoms with Gasteiger partial charge in [-0.1, -0.05) is 164 Å². The number of rotatable bonds is 22. The maximum Gasteiger partial charge on any atom is 0.0998 e. The van der Waals surface area contributed by atoms with Crippen LogP contribution >= 0.6 is 0 Å². The minimum Gasteiger partial charge on any atom is -0.347 e. The van der Waals surface area contributed by atoms with E-state index < -0.39 is 0 Å². The van der Waals surface area contributed by atoms with Gasteiger partial charge >= 0.3 is 0 Å². The monoisotopic (exact) mass is 690 g/mol. The second-order valence-corrected chi connectivity index (χ2v) is 14.5. The fourth-order valence-electron chi connectivity index (χ4n) is 7.49. The van der Waals surface area contributed by atoms with E-state index in [-0.39, 0.29) is 0 Å². The molecule has 0 radical (unpaired) electrons. The normalized spacial score (nSPS) is 12.1. The smallest absolute Gasteiger partial charge is 0.0998 e. The predicted octanol–water partition coefficient (Wildman–Crippen LogP) is 14.0. The Kier molecular flexibility index (Phi) is 15.4. The summed E-state index contributed by atoms with van der Waals surface area (Å²) in [7, 11) is 0. The summed E-state index contributed by atoms with van der Waals surface area (Å²) >= 11 is 0. The molecule has 0 N–H and O–H groups in total. The molecule has 0 bridgehead atoms. The third-order valence-corrected chi connectivity index (χ3v) is 10.5. The summed E-state index contributed by atoms with van der Waals surface area (Å²) in [5.41, 5.74) is 7.60. The highest BCUT2D eigenvalue weighted by atomic mass is 15.0. The lowest BCUT2D eigenvalue weighted by Gasteiger charge is -2.05. The van der Waals surface area contributed by atoms with E-state index in [0.717, 1.165) is 59.0 Å². The average Bonchev–Trinajstić information content (AvgIpc) is 3.74. The largest absolute Gasteiger partial charge is 0.347 e. The lowest BCUT2D eigenvalue weighted by atomic mass is 10.0. The van der Waals surface area contributed by atoms with Gasteiger partial charge in [0.05, 0.1) is 23.3 Å². The van der Waals surface area contributed by atoms with Crippen molar-refractivity contribution in [1.29, 1.82) is 10.5 Å². The molecule has 4 nitrogen and oxygen atoms in total. The van der Waals surface area contributed by atoms with E-state index in [1.54, 1.807) is 0 Å². The Morgan fingerprint density at radius 3 is 1.19 bits per heavy atom. The van der Waals surface area contributed by atoms with Gasteiger partial charge in [-0.05, 0) is 48.3 Å². The quantitative estimate of drug-likeness (QED) is 0.0536. The van der Waals surface area contributed by atoms with Gasteiger partial charge in [0.1, 0.15) is 0 Å². The third-order valence-electron chi connectivity index (χ3n) is 10.5. The van der Waals surface area contributed by atoms with Crippen molar-refractivity contribution in [2.75, 3.05) is 0 Å². The Bertz CT molecular complexity index is 1840. The van der Waals surface area contributed by atoms with Crippen molar-refractivity contribution in [2.45, 2.75) is 130 Å². The first-order chi connectivity index (χ1) is 25.7. The van der Waals surface area contributed by atoms with Gasteiger partial charge in [-0.3, -0.25) is 0 Å². The molecular formula is C48H58N4. The van der Waals surface area contributed by atoms with Crippen LogP contribution in [-0.4, -0.2) is 9.13 Å². The molecule has 0 saturated heterocycles. The minimum absolute atomic E-state index is 0.663. The van der Waals surface area contributed by atoms with Crippen LogP contribution in [0.15, 0.2) is 85.2 Å². The summed E-state index contributed by atoms with van der Waals surface area (Å²) < 4.78 is 4.66. The topological polar surface area (TPSA) is 57.4 Å². The van der Waals surface area contributed by atoms with Crippen molar-refractivity contribution < 1.29 is 0 Å². The van der Waals surface area contributed by atoms with Crippen LogP contribution in [0.1, 0.15) is 139 Å². The number of benzene rings is 3. The first kappa shape index (κ1) is 38.4. The molecule has 0 aliphatic rings. The van der Waals surface area contributed by atoms with Gasteiger partial charge in [0.25, 0.3) is 0 Å². The van der Waals surface area contributed by atoms with Crippen LogP contribution in [0.5, 0.6) is 0 Å². The molecule has 270 valence electrons. The summed E-state index contributed by atoms with van der Waals surface area (Å²) in [6.07, 6.45) is 29.0. The van der Waals surface area contributed by atoms with Crippen molar-refractivity contribution >= 4 is 45.1 Å². The zero-order chi connectivity index (χ0) is 36.4. The Balaban J connectivity index is 1.27. The average molecular weight is 691 g/mol. The number of nitriles is 2. The van der Waals surface area contributed by atoms with Crippen LogP contribution < -0.4 is 0 Å². The van der Waals surface area contributed by atoms with Crippen LogP contribution in [0.3, 0.4) is 0 Å². The van der Waals surface area contributed by atoms with E-state index in [9.17, 15) is 10.5 Å². The van der Waals surface area contributed by atoms with Gasteiger partial charge in [-0.15, -0.1) is 0 Å². The lowest BCUT2D eigenvalue weighted by Crippen LogP contribution is -1.96. The number of para-hydroxylation sites is 2. The van der Waals surface area contributed by atoms with Crippen molar-refractivity contribution in [3.8, 4) is 12.1 Å². The zero-order valence-electron chi connectivity index (χ0n) is 31.8. The van der Waals surface area contributed by atoms with E-state index in [1.165, 1.54) is 101 Å². The van der Waals surface area contributed by atoms with Gasteiger partial charge in [0.15, 0.2) is 0 Å². The lowest BCUT2D eigenvalue weighted by molar-refractivity contribution is 0.549. The molecular weight excluding hydrogens is 633 g/mol. The van der Waals surface area contributed by atoms with E-state index in [1.807, 2.05) is 36.4 Å². The van der Waals surface area contributed by atoms with E-state index in [4.69, 9.17) is 0 Å². The molecule has 0 aliphatic carbocycles. The SMILES string of the molecule is CCCCCCCCCCn1cc(/C(C#N)=C/c2ccc(/C=C(\C#N)c3cn(CCCCCCCCCC)c4ccccc34)cc2)c2ccccc21. The number of fused-ring (bicyclic) bond motifs is 2. The van der Waals surface area contributed by atoms with E-state index in [0.29, 0.717) is 11.1 Å². The van der Waals surface area contributed by atoms with Crippen LogP contribution in [0.4, 0.5) is 0 Å². The summed E-state index contributed by atoms with van der Waals surface area (Å²) in [6.45, 7) is 6.47. The van der Waals surface area contributed by atoms with Crippen LogP contribution in [0.2, 0.25) is 0 Å². The molecule has 2 aromatic heterocycles. The molecule has 0 amide bonds. The molecule has 0 saturated carbocycles. The number of allylic oxidation sites excluding steroid dienone is 2. The highest BCUT2D eigenvalue weighted by Crippen LogP contribution is 2.31. The molecule has 0 fully saturated rings. The molecule has 3 aromatic carbocycles. The van der Waals surface area contributed by atoms with Crippen LogP contribution in [-0.2, 0) is 13.1 Å². The molecule has 52 heavy (non-hydrogen) atoms. The van der Waals surface area contributed by atoms with E-state index in [2.05, 4.69) is 96.0 Å². The molecule has 5 aromatic rings. The standard InChI is InChI=1S/C48H58N4/c1-3-5-7-9-11-13-15-21-31-51-37-45(43-23-17-19-25-47(43)51)41(35-49)33-39-27-29-40(30-28-39)34-42(36-50)46-38-52(48-26-20-18-24-44(46)48)32-22-16-14-12-10-8-6-4-2/h17-20,23-30,33-34,37-38H,3-16,21-22,31-32H2,1-2H3/b41-33+,42-34+. The van der Waals surface area contributed by atoms with Gasteiger partial charge in [-0.25, -0.2) is 0 Å². The number of aryl methyl sites for hydroxylation is 2. The highest BCUT2D eigenvalue weighted by molar-refractivity contribution is 6.03. The summed E-state index contributed by atoms with van der Waals surface area (Å²) in [6, 6.07) is 30.0. The molecule has 4 heteroatoms. The van der Waals surface area contributed by atoms with E-state index >= 15 is 0 Å². The Labute approximate surface area is 313 Å². The number of nitrogens with zero attached hydrogens (tertiary/aromatic N) is 4. The molecule has 0 spiro atoms. The minimum atomic E-state index is 0.663. The van der Waals surface area contributed by atoms with Gasteiger partial charge < -0.3 is 9.13 Å². The van der Waals surface area contributed by atoms with Gasteiger partial charge in [0.2, 0.25) is 0 Å². The molecule has 0 unspecified atom stereocenters. The first-order valence-corrected chi connectivity index (χ1v) is 20.2. The summed E-state index contributed by atoms with van der Waals surface area (Å²) in [4.78, 5) is 0. The Hall–Kier alpha value is -4.80. The number of unbranched alkanes of at least 4 members (excludes halogenated alkanes) is 14. The number of aromatic nitrogens is 2. The second-order valence-electron chi connectivity index (χ2n) is 14.5. The second kappa shape index (κ2) is 20.9. The molecule has 0 atom stereocenters. The summed E-state index contributed by atoms with van der Waals surface area (Å²) in [5, 5.41) is 22.9. The maximum atomic E-state index is 10.3. The fraction of sp³-hybridized carbons (Fsp3) is 0.417. The molecule has 5 rings (SSSR count). The molecule has 0 aliphatic heterocycles. The maximum absolute atomic E-state index is 10.3. The van der Waals surface area contributed by atoms with Crippen LogP contribution in [0, 0.1) is 22.7 Å². The third kappa shape index (κ3) is 10.6. The van der Waals surface area contributed by atoms with Crippen molar-refractivity contribution in [3.63, 3.8) is 0 Å². The highest BCUT2D eigenvalue weighted by Gasteiger charge is 2.14. The van der Waals surface area contributed by atoms with Crippen molar-refractivity contribution in [2.24, 2.45) is 0 Å². The molecule has 2 heterocycles. The number of hydrogen-bond donors (Lipinski definition) is 0. The first-order valence-electron chi connectivity index (χ1n) is 20.2. The summed E-state index contributed by atoms with van der Waals surface area (Å²) in [5.74, 6) is 0. The van der Waals surface area contributed by atoms with Crippen molar-refractivity contribution in [1.82, 2.24) is 9.13 Å². The predicted molar refractivity (Wildman–Crippen MR) is 223 cm³/mol. The number of hydrogen-bond acceptors (Lipinski definition) is 2. The van der Waals surface area contributed by atoms with Gasteiger partial charge in [-0.2, -0.15) is 10.5 Å². The Morgan fingerprint density at radius 1 is 0.481 bits per heavy atom. The van der Waals surface area contributed by atoms with Crippen molar-refractivity contribution in [3.05, 3.63) is 107 Å². The fourth-order valence-corrected chi connectivity index (χ4v) is 7.49. The van der Waals surface area contributed by atoms with Crippen LogP contribution in [0.25, 0.3) is 45.1 Å². The Morgan fingerprint density at radius 2 is 0.827 bits per heavy atom. The van der Waals surface area contributed by atoms with Gasteiger partial charge in [0, 0.05) is 58.4 Å². The zero-order valence-corrected chi connectivity index (χ0v) is 31.8.